The number of hydrogen-bond acceptors (Lipinski definition) is 1. The van der Waals surface area contributed by atoms with Crippen molar-refractivity contribution in [1.29, 1.82) is 0 Å². The molecule has 0 radical (unpaired) electrons. The van der Waals surface area contributed by atoms with Gasteiger partial charge in [0.1, 0.15) is 5.78 Å². The molecule has 0 heterocycles. The minimum atomic E-state index is -0.0370. The predicted octanol–water partition coefficient (Wildman–Crippen LogP) is 3.43. The van der Waals surface area contributed by atoms with Crippen molar-refractivity contribution in [2.75, 3.05) is 0 Å². The molecule has 0 aromatic carbocycles. The minimum absolute atomic E-state index is 0.0370. The van der Waals surface area contributed by atoms with E-state index in [0.29, 0.717) is 11.7 Å². The topological polar surface area (TPSA) is 17.1 Å². The van der Waals surface area contributed by atoms with Crippen molar-refractivity contribution in [3.05, 3.63) is 0 Å². The van der Waals surface area contributed by atoms with Crippen LogP contribution < -0.4 is 0 Å². The van der Waals surface area contributed by atoms with Gasteiger partial charge in [0.2, 0.25) is 0 Å². The van der Waals surface area contributed by atoms with Crippen LogP contribution in [0.3, 0.4) is 0 Å². The second-order valence-corrected chi connectivity index (χ2v) is 6.74. The second kappa shape index (κ2) is 2.43. The molecule has 1 heteroatoms. The summed E-state index contributed by atoms with van der Waals surface area (Å²) in [7, 11) is 0. The van der Waals surface area contributed by atoms with Gasteiger partial charge < -0.3 is 0 Å². The summed E-state index contributed by atoms with van der Waals surface area (Å²) >= 11 is 0. The number of hydrogen-bond donors (Lipinski definition) is 0. The third kappa shape index (κ3) is 0.844. The zero-order valence-electron chi connectivity index (χ0n) is 10.1. The lowest BCUT2D eigenvalue weighted by Crippen LogP contribution is -2.46. The van der Waals surface area contributed by atoms with Gasteiger partial charge in [-0.25, -0.2) is 0 Å². The molecule has 2 saturated carbocycles. The number of Topliss-reactive ketones (excluding diaryl/α,β-unsaturated/α-hetero) is 1. The maximum absolute atomic E-state index is 12.2. The Morgan fingerprint density at radius 2 is 1.86 bits per heavy atom. The molecule has 2 bridgehead atoms. The maximum Gasteiger partial charge on any atom is 0.140 e. The van der Waals surface area contributed by atoms with Crippen LogP contribution in [0, 0.1) is 22.2 Å². The molecule has 2 rings (SSSR count). The van der Waals surface area contributed by atoms with E-state index in [0.717, 1.165) is 12.8 Å². The smallest absolute Gasteiger partial charge is 0.140 e. The van der Waals surface area contributed by atoms with Crippen LogP contribution in [0.2, 0.25) is 0 Å². The lowest BCUT2D eigenvalue weighted by molar-refractivity contribution is -0.137. The molecule has 2 atom stereocenters. The van der Waals surface area contributed by atoms with Gasteiger partial charge in [-0.3, -0.25) is 4.79 Å². The van der Waals surface area contributed by atoms with Crippen LogP contribution in [0.1, 0.15) is 53.9 Å². The minimum Gasteiger partial charge on any atom is -0.299 e. The Hall–Kier alpha value is -0.330. The van der Waals surface area contributed by atoms with Gasteiger partial charge in [-0.05, 0) is 29.6 Å². The van der Waals surface area contributed by atoms with Crippen LogP contribution in [0.15, 0.2) is 0 Å². The normalized spacial score (nSPS) is 40.6. The van der Waals surface area contributed by atoms with E-state index in [1.54, 1.807) is 0 Å². The molecule has 80 valence electrons. The van der Waals surface area contributed by atoms with Gasteiger partial charge in [-0.2, -0.15) is 0 Å². The number of carbonyl (C=O) groups is 1. The monoisotopic (exact) mass is 194 g/mol. The fourth-order valence-corrected chi connectivity index (χ4v) is 4.44. The molecule has 2 fully saturated rings. The second-order valence-electron chi connectivity index (χ2n) is 6.74. The molecule has 0 unspecified atom stereocenters. The van der Waals surface area contributed by atoms with Crippen molar-refractivity contribution in [2.24, 2.45) is 22.2 Å². The predicted molar refractivity (Wildman–Crippen MR) is 58.0 cm³/mol. The molecule has 0 saturated heterocycles. The van der Waals surface area contributed by atoms with Crippen molar-refractivity contribution in [2.45, 2.75) is 53.9 Å². The molecule has 1 nitrogen and oxygen atoms in total. The van der Waals surface area contributed by atoms with Crippen LogP contribution in [0.5, 0.6) is 0 Å². The average molecular weight is 194 g/mol. The van der Waals surface area contributed by atoms with Gasteiger partial charge >= 0.3 is 0 Å². The SMILES string of the molecule is CC(C)(C)[C@]12CC[C@H](CC1=O)C2(C)C. The highest BCUT2D eigenvalue weighted by atomic mass is 16.1. The summed E-state index contributed by atoms with van der Waals surface area (Å²) in [6.07, 6.45) is 3.22. The first-order valence-corrected chi connectivity index (χ1v) is 5.77. The quantitative estimate of drug-likeness (QED) is 0.577. The fraction of sp³-hybridized carbons (Fsp3) is 0.923. The highest BCUT2D eigenvalue weighted by molar-refractivity contribution is 5.90. The van der Waals surface area contributed by atoms with Crippen LogP contribution in [0.4, 0.5) is 0 Å². The van der Waals surface area contributed by atoms with Crippen LogP contribution in [-0.2, 0) is 4.79 Å². The maximum atomic E-state index is 12.2. The van der Waals surface area contributed by atoms with Crippen molar-refractivity contribution in [1.82, 2.24) is 0 Å². The standard InChI is InChI=1S/C13H22O/c1-11(2,3)13-7-6-9(8-10(13)14)12(13,4)5/h9H,6-8H2,1-5H3/t9-,13+/m1/s1. The molecule has 2 aliphatic rings. The van der Waals surface area contributed by atoms with Gasteiger partial charge in [0.25, 0.3) is 0 Å². The van der Waals surface area contributed by atoms with E-state index in [1.807, 2.05) is 0 Å². The van der Waals surface area contributed by atoms with E-state index in [2.05, 4.69) is 34.6 Å². The first kappa shape index (κ1) is 10.2. The number of fused-ring (bicyclic) bond motifs is 2. The van der Waals surface area contributed by atoms with E-state index in [-0.39, 0.29) is 16.2 Å². The molecule has 0 amide bonds. The zero-order chi connectivity index (χ0) is 10.8. The van der Waals surface area contributed by atoms with E-state index in [4.69, 9.17) is 0 Å². The average Bonchev–Trinajstić information content (AvgIpc) is 2.34. The van der Waals surface area contributed by atoms with Gasteiger partial charge in [0.15, 0.2) is 0 Å². The molecule has 0 aromatic heterocycles. The Labute approximate surface area is 87.3 Å². The summed E-state index contributed by atoms with van der Waals surface area (Å²) in [6, 6.07) is 0. The van der Waals surface area contributed by atoms with E-state index >= 15 is 0 Å². The van der Waals surface area contributed by atoms with Crippen LogP contribution in [0.25, 0.3) is 0 Å². The van der Waals surface area contributed by atoms with Crippen LogP contribution >= 0.6 is 0 Å². The highest BCUT2D eigenvalue weighted by Gasteiger charge is 2.68. The lowest BCUT2D eigenvalue weighted by atomic mass is 9.55. The Balaban J connectivity index is 2.56. The summed E-state index contributed by atoms with van der Waals surface area (Å²) in [4.78, 5) is 12.2. The van der Waals surface area contributed by atoms with Gasteiger partial charge in [-0.1, -0.05) is 34.6 Å². The molecular formula is C13H22O. The lowest BCUT2D eigenvalue weighted by Gasteiger charge is -2.47. The summed E-state index contributed by atoms with van der Waals surface area (Å²) < 4.78 is 0. The highest BCUT2D eigenvalue weighted by Crippen LogP contribution is 2.69. The summed E-state index contributed by atoms with van der Waals surface area (Å²) in [5.41, 5.74) is 0.311. The number of rotatable bonds is 0. The van der Waals surface area contributed by atoms with Crippen molar-refractivity contribution in [3.8, 4) is 0 Å². The van der Waals surface area contributed by atoms with Crippen molar-refractivity contribution < 1.29 is 4.79 Å². The molecule has 2 aliphatic carbocycles. The summed E-state index contributed by atoms with van der Waals surface area (Å²) in [5, 5.41) is 0. The molecule has 0 spiro atoms. The van der Waals surface area contributed by atoms with E-state index in [1.165, 1.54) is 6.42 Å². The number of ketones is 1. The Morgan fingerprint density at radius 1 is 1.29 bits per heavy atom. The third-order valence-electron chi connectivity index (χ3n) is 5.18. The molecular weight excluding hydrogens is 172 g/mol. The van der Waals surface area contributed by atoms with Crippen molar-refractivity contribution in [3.63, 3.8) is 0 Å². The fourth-order valence-electron chi connectivity index (χ4n) is 4.44. The first-order chi connectivity index (χ1) is 6.23. The summed E-state index contributed by atoms with van der Waals surface area (Å²) in [5.74, 6) is 1.18. The number of carbonyl (C=O) groups excluding carboxylic acids is 1. The van der Waals surface area contributed by atoms with E-state index in [9.17, 15) is 4.79 Å². The third-order valence-corrected chi connectivity index (χ3v) is 5.18. The van der Waals surface area contributed by atoms with Crippen LogP contribution in [-0.4, -0.2) is 5.78 Å². The summed E-state index contributed by atoms with van der Waals surface area (Å²) in [6.45, 7) is 11.3. The first-order valence-electron chi connectivity index (χ1n) is 5.77. The molecule has 0 aliphatic heterocycles. The Morgan fingerprint density at radius 3 is 2.07 bits per heavy atom. The molecule has 0 aromatic rings. The largest absolute Gasteiger partial charge is 0.299 e. The van der Waals surface area contributed by atoms with Gasteiger partial charge in [0, 0.05) is 11.8 Å². The van der Waals surface area contributed by atoms with E-state index < -0.39 is 0 Å². The Bertz CT molecular complexity index is 282. The Kier molecular flexibility index (Phi) is 1.77. The van der Waals surface area contributed by atoms with Gasteiger partial charge in [0.05, 0.1) is 0 Å². The van der Waals surface area contributed by atoms with Crippen molar-refractivity contribution >= 4 is 5.78 Å². The zero-order valence-corrected chi connectivity index (χ0v) is 10.1. The molecule has 0 N–H and O–H groups in total. The molecule has 14 heavy (non-hydrogen) atoms. The van der Waals surface area contributed by atoms with Gasteiger partial charge in [-0.15, -0.1) is 0 Å².